The Hall–Kier alpha value is -4.36. The number of hydrogen-bond acceptors (Lipinski definition) is 11. The lowest BCUT2D eigenvalue weighted by Crippen LogP contribution is -2.61. The van der Waals surface area contributed by atoms with Gasteiger partial charge in [-0.3, -0.25) is 14.4 Å². The molecule has 0 spiro atoms. The molecule has 0 bridgehead atoms. The Morgan fingerprint density at radius 1 is 0.391 bits per heavy atom. The second kappa shape index (κ2) is 61.9. The highest BCUT2D eigenvalue weighted by Crippen LogP contribution is 2.27. The zero-order valence-corrected chi connectivity index (χ0v) is 55.2. The summed E-state index contributed by atoms with van der Waals surface area (Å²) in [4.78, 5) is 51.5. The van der Waals surface area contributed by atoms with E-state index in [1.807, 2.05) is 0 Å². The molecule has 0 aromatic rings. The first kappa shape index (κ1) is 80.7. The van der Waals surface area contributed by atoms with Crippen LogP contribution in [0.3, 0.4) is 0 Å². The van der Waals surface area contributed by atoms with E-state index in [1.165, 1.54) is 96.3 Å². The maximum atomic E-state index is 13.3. The van der Waals surface area contributed by atoms with Gasteiger partial charge in [-0.1, -0.05) is 285 Å². The number of esters is 3. The molecule has 0 amide bonds. The predicted octanol–water partition coefficient (Wildman–Crippen LogP) is 19.6. The summed E-state index contributed by atoms with van der Waals surface area (Å²) in [5.74, 6) is -3.14. The number of unbranched alkanes of at least 4 members (excludes halogenated alkanes) is 30. The molecule has 1 rings (SSSR count). The van der Waals surface area contributed by atoms with Crippen molar-refractivity contribution in [2.24, 2.45) is 0 Å². The Bertz CT molecular complexity index is 1880. The number of carbonyl (C=O) groups is 4. The zero-order valence-electron chi connectivity index (χ0n) is 55.2. The van der Waals surface area contributed by atoms with E-state index in [0.29, 0.717) is 19.3 Å². The minimum atomic E-state index is -1.92. The molecule has 6 unspecified atom stereocenters. The topological polar surface area (TPSA) is 175 Å². The van der Waals surface area contributed by atoms with E-state index >= 15 is 0 Å². The van der Waals surface area contributed by atoms with Crippen LogP contribution < -0.4 is 0 Å². The second-order valence-corrected chi connectivity index (χ2v) is 23.8. The molecule has 12 heteroatoms. The summed E-state index contributed by atoms with van der Waals surface area (Å²) in [5, 5.41) is 31.7. The number of hydrogen-bond donors (Lipinski definition) is 3. The first-order valence-corrected chi connectivity index (χ1v) is 35.2. The molecular weight excluding hydrogens is 1090 g/mol. The van der Waals surface area contributed by atoms with Crippen molar-refractivity contribution in [3.8, 4) is 0 Å². The quantitative estimate of drug-likeness (QED) is 0.0228. The summed E-state index contributed by atoms with van der Waals surface area (Å²) in [6.07, 6.45) is 70.7. The van der Waals surface area contributed by atoms with Crippen LogP contribution >= 0.6 is 0 Å². The normalized spacial score (nSPS) is 17.9. The average molecular weight is 1220 g/mol. The number of carbonyl (C=O) groups excluding carboxylic acids is 3. The van der Waals surface area contributed by atoms with Crippen LogP contribution in [0.25, 0.3) is 0 Å². The number of rotatable bonds is 60. The fourth-order valence-electron chi connectivity index (χ4n) is 10.4. The van der Waals surface area contributed by atoms with E-state index in [4.69, 9.17) is 23.7 Å². The molecule has 0 saturated carbocycles. The number of carboxylic acid groups (broad SMARTS) is 1. The molecular formula is C75H126O12. The van der Waals surface area contributed by atoms with Crippen molar-refractivity contribution in [3.05, 3.63) is 97.2 Å². The van der Waals surface area contributed by atoms with Crippen molar-refractivity contribution < 1.29 is 58.2 Å². The van der Waals surface area contributed by atoms with Crippen LogP contribution in [0.1, 0.15) is 303 Å². The highest BCUT2D eigenvalue weighted by atomic mass is 16.7. The fraction of sp³-hybridized carbons (Fsp3) is 0.733. The van der Waals surface area contributed by atoms with Crippen LogP contribution in [0.5, 0.6) is 0 Å². The van der Waals surface area contributed by atoms with E-state index in [9.17, 15) is 34.5 Å². The molecule has 1 fully saturated rings. The number of aliphatic carboxylic acids is 1. The molecule has 3 N–H and O–H groups in total. The van der Waals surface area contributed by atoms with Gasteiger partial charge in [-0.05, 0) is 96.3 Å². The largest absolute Gasteiger partial charge is 0.479 e. The van der Waals surface area contributed by atoms with Crippen LogP contribution in [-0.2, 0) is 42.9 Å². The summed E-state index contributed by atoms with van der Waals surface area (Å²) >= 11 is 0. The van der Waals surface area contributed by atoms with Crippen LogP contribution in [-0.4, -0.2) is 89.2 Å². The summed E-state index contributed by atoms with van der Waals surface area (Å²) < 4.78 is 28.6. The fourth-order valence-corrected chi connectivity index (χ4v) is 10.4. The van der Waals surface area contributed by atoms with Crippen LogP contribution in [0, 0.1) is 0 Å². The Morgan fingerprint density at radius 3 is 1.10 bits per heavy atom. The SMILES string of the molecule is CC/C=C\C/C=C\C/C=C\C/C=C\CCCCCCCCC(=O)OCC(COC1OC(C(=O)O)C(O)C(O)C1OC(=O)CCCCCCCC/C=C\C/C=C\C/C=C\C/C=C\CC)OC(=O)CCCCCCCCCCCCCCCCCCCCC. The van der Waals surface area contributed by atoms with E-state index in [1.54, 1.807) is 0 Å². The van der Waals surface area contributed by atoms with Gasteiger partial charge in [-0.25, -0.2) is 4.79 Å². The number of carboxylic acids is 1. The third-order valence-electron chi connectivity index (χ3n) is 15.7. The molecule has 0 aromatic heterocycles. The van der Waals surface area contributed by atoms with E-state index < -0.39 is 67.3 Å². The molecule has 0 aromatic carbocycles. The van der Waals surface area contributed by atoms with Crippen molar-refractivity contribution >= 4 is 23.9 Å². The highest BCUT2D eigenvalue weighted by molar-refractivity contribution is 5.74. The second-order valence-electron chi connectivity index (χ2n) is 23.8. The lowest BCUT2D eigenvalue weighted by Gasteiger charge is -2.40. The standard InChI is InChI=1S/C75H126O12/c1-4-7-10-13-16-19-22-25-28-31-34-37-40-43-46-49-52-55-58-61-67(76)83-64-66(85-68(77)62-59-56-53-50-47-44-41-38-35-32-29-26-23-20-17-14-11-8-5-2)65-84-75-73(71(80)70(79)72(87-75)74(81)82)86-69(78)63-60-57-54-51-48-45-42-39-36-33-30-27-24-21-18-15-12-9-6-3/h7,9-10,12,16,18-19,21,25,27-28,30,34,36-37,39,66,70-73,75,79-80H,4-6,8,11,13-15,17,20,22-24,26,29,31-33,35,38,40-65H2,1-3H3,(H,81,82)/b10-7-,12-9-,19-16-,21-18-,28-25-,30-27-,37-34-,39-36-. The maximum absolute atomic E-state index is 13.3. The van der Waals surface area contributed by atoms with Crippen molar-refractivity contribution in [1.82, 2.24) is 0 Å². The van der Waals surface area contributed by atoms with Crippen LogP contribution in [0.15, 0.2) is 97.2 Å². The van der Waals surface area contributed by atoms with Gasteiger partial charge in [-0.2, -0.15) is 0 Å². The van der Waals surface area contributed by atoms with Crippen molar-refractivity contribution in [1.29, 1.82) is 0 Å². The van der Waals surface area contributed by atoms with E-state index in [2.05, 4.69) is 118 Å². The third-order valence-corrected chi connectivity index (χ3v) is 15.7. The van der Waals surface area contributed by atoms with Gasteiger partial charge in [0.15, 0.2) is 24.6 Å². The van der Waals surface area contributed by atoms with Crippen LogP contribution in [0.4, 0.5) is 0 Å². The molecule has 498 valence electrons. The van der Waals surface area contributed by atoms with E-state index in [0.717, 1.165) is 148 Å². The molecule has 1 saturated heterocycles. The first-order valence-electron chi connectivity index (χ1n) is 35.2. The van der Waals surface area contributed by atoms with Gasteiger partial charge in [0, 0.05) is 19.3 Å². The number of aliphatic hydroxyl groups is 2. The first-order chi connectivity index (χ1) is 42.6. The van der Waals surface area contributed by atoms with Gasteiger partial charge < -0.3 is 39.0 Å². The smallest absolute Gasteiger partial charge is 0.335 e. The molecule has 0 aliphatic carbocycles. The van der Waals surface area contributed by atoms with Crippen molar-refractivity contribution in [3.63, 3.8) is 0 Å². The van der Waals surface area contributed by atoms with Gasteiger partial charge in [0.1, 0.15) is 18.8 Å². The minimum Gasteiger partial charge on any atom is -0.479 e. The van der Waals surface area contributed by atoms with Gasteiger partial charge >= 0.3 is 23.9 Å². The van der Waals surface area contributed by atoms with E-state index in [-0.39, 0.29) is 25.9 Å². The van der Waals surface area contributed by atoms with Gasteiger partial charge in [-0.15, -0.1) is 0 Å². The molecule has 87 heavy (non-hydrogen) atoms. The number of aliphatic hydroxyl groups excluding tert-OH is 2. The van der Waals surface area contributed by atoms with Crippen molar-refractivity contribution in [2.75, 3.05) is 13.2 Å². The third kappa shape index (κ3) is 51.1. The minimum absolute atomic E-state index is 0.0404. The monoisotopic (exact) mass is 1220 g/mol. The lowest BCUT2D eigenvalue weighted by molar-refractivity contribution is -0.301. The highest BCUT2D eigenvalue weighted by Gasteiger charge is 2.50. The maximum Gasteiger partial charge on any atom is 0.335 e. The summed E-state index contributed by atoms with van der Waals surface area (Å²) in [6, 6.07) is 0. The number of allylic oxidation sites excluding steroid dienone is 16. The average Bonchev–Trinajstić information content (AvgIpc) is 2.56. The lowest BCUT2D eigenvalue weighted by atomic mass is 9.98. The number of ether oxygens (including phenoxy) is 5. The Balaban J connectivity index is 2.65. The molecule has 1 heterocycles. The molecule has 6 atom stereocenters. The summed E-state index contributed by atoms with van der Waals surface area (Å²) in [7, 11) is 0. The van der Waals surface area contributed by atoms with Gasteiger partial charge in [0.2, 0.25) is 0 Å². The van der Waals surface area contributed by atoms with Gasteiger partial charge in [0.05, 0.1) is 6.61 Å². The van der Waals surface area contributed by atoms with Crippen molar-refractivity contribution in [2.45, 2.75) is 340 Å². The molecule has 0 radical (unpaired) electrons. The summed E-state index contributed by atoms with van der Waals surface area (Å²) in [5.41, 5.74) is 0. The summed E-state index contributed by atoms with van der Waals surface area (Å²) in [6.45, 7) is 5.80. The van der Waals surface area contributed by atoms with Crippen LogP contribution in [0.2, 0.25) is 0 Å². The Morgan fingerprint density at radius 2 is 0.724 bits per heavy atom. The zero-order chi connectivity index (χ0) is 63.1. The Labute approximate surface area is 530 Å². The predicted molar refractivity (Wildman–Crippen MR) is 358 cm³/mol. The molecule has 1 aliphatic rings. The van der Waals surface area contributed by atoms with Gasteiger partial charge in [0.25, 0.3) is 0 Å². The molecule has 12 nitrogen and oxygen atoms in total. The molecule has 1 aliphatic heterocycles. The Kier molecular flexibility index (Phi) is 57.3.